The van der Waals surface area contributed by atoms with Crippen molar-refractivity contribution in [2.24, 2.45) is 0 Å². The Morgan fingerprint density at radius 2 is 2.25 bits per heavy atom. The summed E-state index contributed by atoms with van der Waals surface area (Å²) in [6.07, 6.45) is 5.86. The summed E-state index contributed by atoms with van der Waals surface area (Å²) in [6, 6.07) is 7.23. The smallest absolute Gasteiger partial charge is 0.233 e. The Hall–Kier alpha value is -1.51. The third-order valence-corrected chi connectivity index (χ3v) is 7.68. The maximum atomic E-state index is 12.9. The second-order valence-electron chi connectivity index (χ2n) is 6.85. The van der Waals surface area contributed by atoms with Gasteiger partial charge >= 0.3 is 0 Å². The molecule has 9 heteroatoms. The van der Waals surface area contributed by atoms with Crippen molar-refractivity contribution >= 4 is 39.1 Å². The molecule has 0 bridgehead atoms. The maximum absolute atomic E-state index is 12.9. The second kappa shape index (κ2) is 9.33. The van der Waals surface area contributed by atoms with Crippen molar-refractivity contribution in [1.29, 1.82) is 0 Å². The Bertz CT molecular complexity index is 930. The summed E-state index contributed by atoms with van der Waals surface area (Å²) in [5.41, 5.74) is 0.879. The van der Waals surface area contributed by atoms with Crippen LogP contribution in [0.3, 0.4) is 0 Å². The van der Waals surface area contributed by atoms with E-state index in [2.05, 4.69) is 11.9 Å². The number of thioether (sulfide) groups is 1. The molecule has 0 saturated carbocycles. The fourth-order valence-electron chi connectivity index (χ4n) is 3.29. The van der Waals surface area contributed by atoms with Crippen molar-refractivity contribution in [3.63, 3.8) is 0 Å². The number of carbonyl (C=O) groups is 1. The van der Waals surface area contributed by atoms with Crippen LogP contribution in [0.25, 0.3) is 5.69 Å². The van der Waals surface area contributed by atoms with E-state index in [-0.39, 0.29) is 29.2 Å². The van der Waals surface area contributed by atoms with E-state index in [0.717, 1.165) is 18.5 Å². The Kier molecular flexibility index (Phi) is 7.06. The minimum absolute atomic E-state index is 0.0406. The average Bonchev–Trinajstić information content (AvgIpc) is 3.26. The van der Waals surface area contributed by atoms with Crippen molar-refractivity contribution in [2.75, 3.05) is 23.8 Å². The SMILES string of the molecule is CCCCN(C(=O)CSc1nccn1-c1cccc(Cl)c1)C1CCS(=O)(=O)C1. The predicted molar refractivity (Wildman–Crippen MR) is 113 cm³/mol. The van der Waals surface area contributed by atoms with Gasteiger partial charge in [0, 0.05) is 35.7 Å². The number of unbranched alkanes of at least 4 members (excludes halogenated alkanes) is 1. The van der Waals surface area contributed by atoms with E-state index < -0.39 is 9.84 Å². The van der Waals surface area contributed by atoms with Crippen LogP contribution in [0.2, 0.25) is 5.02 Å². The fraction of sp³-hybridized carbons (Fsp3) is 0.474. The van der Waals surface area contributed by atoms with Gasteiger partial charge in [-0.1, -0.05) is 42.8 Å². The Morgan fingerprint density at radius 1 is 1.43 bits per heavy atom. The van der Waals surface area contributed by atoms with Gasteiger partial charge in [-0.15, -0.1) is 0 Å². The molecule has 1 atom stereocenters. The van der Waals surface area contributed by atoms with Crippen LogP contribution in [0, 0.1) is 0 Å². The first-order valence-corrected chi connectivity index (χ1v) is 12.5. The highest BCUT2D eigenvalue weighted by Crippen LogP contribution is 2.24. The summed E-state index contributed by atoms with van der Waals surface area (Å²) in [7, 11) is -3.03. The van der Waals surface area contributed by atoms with Gasteiger partial charge in [0.2, 0.25) is 5.91 Å². The highest BCUT2D eigenvalue weighted by atomic mass is 35.5. The van der Waals surface area contributed by atoms with E-state index in [0.29, 0.717) is 23.1 Å². The third-order valence-electron chi connectivity index (χ3n) is 4.74. The van der Waals surface area contributed by atoms with E-state index >= 15 is 0 Å². The normalized spacial score (nSPS) is 18.3. The zero-order valence-corrected chi connectivity index (χ0v) is 18.1. The van der Waals surface area contributed by atoms with E-state index in [9.17, 15) is 13.2 Å². The predicted octanol–water partition coefficient (Wildman–Crippen LogP) is 3.43. The van der Waals surface area contributed by atoms with E-state index in [1.54, 1.807) is 17.2 Å². The zero-order chi connectivity index (χ0) is 20.1. The number of aromatic nitrogens is 2. The molecule has 2 heterocycles. The van der Waals surface area contributed by atoms with Gasteiger partial charge in [0.25, 0.3) is 0 Å². The fourth-order valence-corrected chi connectivity index (χ4v) is 6.06. The standard InChI is InChI=1S/C19H24ClN3O3S2/c1-2-3-9-22(17-7-11-28(25,26)14-17)18(24)13-27-19-21-8-10-23(19)16-6-4-5-15(20)12-16/h4-6,8,10,12,17H,2-3,7,9,11,13-14H2,1H3. The molecule has 1 aliphatic rings. The van der Waals surface area contributed by atoms with Crippen LogP contribution in [0.1, 0.15) is 26.2 Å². The molecule has 1 saturated heterocycles. The lowest BCUT2D eigenvalue weighted by Gasteiger charge is -2.28. The van der Waals surface area contributed by atoms with Crippen LogP contribution in [-0.4, -0.2) is 58.6 Å². The van der Waals surface area contributed by atoms with Gasteiger partial charge in [-0.2, -0.15) is 0 Å². The van der Waals surface area contributed by atoms with Crippen LogP contribution < -0.4 is 0 Å². The minimum Gasteiger partial charge on any atom is -0.338 e. The first-order valence-electron chi connectivity index (χ1n) is 9.31. The van der Waals surface area contributed by atoms with Gasteiger partial charge in [-0.3, -0.25) is 9.36 Å². The number of imidazole rings is 1. The third kappa shape index (κ3) is 5.30. The Labute approximate surface area is 175 Å². The lowest BCUT2D eigenvalue weighted by molar-refractivity contribution is -0.130. The van der Waals surface area contributed by atoms with Crippen LogP contribution in [0.4, 0.5) is 0 Å². The van der Waals surface area contributed by atoms with Gasteiger partial charge in [-0.05, 0) is 31.0 Å². The summed E-state index contributed by atoms with van der Waals surface area (Å²) >= 11 is 7.43. The highest BCUT2D eigenvalue weighted by Gasteiger charge is 2.34. The molecule has 1 unspecified atom stereocenters. The van der Waals surface area contributed by atoms with Gasteiger partial charge < -0.3 is 4.90 Å². The maximum Gasteiger partial charge on any atom is 0.233 e. The monoisotopic (exact) mass is 441 g/mol. The Morgan fingerprint density at radius 3 is 2.93 bits per heavy atom. The molecule has 1 amide bonds. The first kappa shape index (κ1) is 21.2. The van der Waals surface area contributed by atoms with Gasteiger partial charge in [0.1, 0.15) is 0 Å². The average molecular weight is 442 g/mol. The number of nitrogens with zero attached hydrogens (tertiary/aromatic N) is 3. The molecular weight excluding hydrogens is 418 g/mol. The van der Waals surface area contributed by atoms with Crippen LogP contribution >= 0.6 is 23.4 Å². The molecule has 1 fully saturated rings. The molecule has 152 valence electrons. The van der Waals surface area contributed by atoms with Crippen molar-refractivity contribution in [2.45, 2.75) is 37.4 Å². The number of amides is 1. The van der Waals surface area contributed by atoms with Crippen molar-refractivity contribution in [3.8, 4) is 5.69 Å². The molecule has 3 rings (SSSR count). The largest absolute Gasteiger partial charge is 0.338 e. The molecular formula is C19H24ClN3O3S2. The quantitative estimate of drug-likeness (QED) is 0.587. The molecule has 1 aromatic carbocycles. The van der Waals surface area contributed by atoms with Gasteiger partial charge in [0.05, 0.1) is 17.3 Å². The molecule has 0 aliphatic carbocycles. The van der Waals surface area contributed by atoms with E-state index in [1.165, 1.54) is 11.8 Å². The van der Waals surface area contributed by atoms with Gasteiger partial charge in [0.15, 0.2) is 15.0 Å². The molecule has 6 nitrogen and oxygen atoms in total. The molecule has 1 aliphatic heterocycles. The molecule has 0 spiro atoms. The Balaban J connectivity index is 1.69. The summed E-state index contributed by atoms with van der Waals surface area (Å²) in [5, 5.41) is 1.33. The highest BCUT2D eigenvalue weighted by molar-refractivity contribution is 7.99. The molecule has 28 heavy (non-hydrogen) atoms. The lowest BCUT2D eigenvalue weighted by Crippen LogP contribution is -2.42. The summed E-state index contributed by atoms with van der Waals surface area (Å²) in [4.78, 5) is 19.0. The molecule has 2 aromatic rings. The van der Waals surface area contributed by atoms with E-state index in [1.807, 2.05) is 29.0 Å². The van der Waals surface area contributed by atoms with Gasteiger partial charge in [-0.25, -0.2) is 13.4 Å². The second-order valence-corrected chi connectivity index (χ2v) is 10.5. The number of hydrogen-bond acceptors (Lipinski definition) is 5. The van der Waals surface area contributed by atoms with Crippen molar-refractivity contribution < 1.29 is 13.2 Å². The zero-order valence-electron chi connectivity index (χ0n) is 15.8. The molecule has 0 radical (unpaired) electrons. The number of rotatable bonds is 8. The topological polar surface area (TPSA) is 72.3 Å². The van der Waals surface area contributed by atoms with Crippen LogP contribution in [-0.2, 0) is 14.6 Å². The van der Waals surface area contributed by atoms with Crippen LogP contribution in [0.15, 0.2) is 41.8 Å². The summed E-state index contributed by atoms with van der Waals surface area (Å²) in [5.74, 6) is 0.420. The first-order chi connectivity index (χ1) is 13.4. The number of benzene rings is 1. The van der Waals surface area contributed by atoms with E-state index in [4.69, 9.17) is 11.6 Å². The van der Waals surface area contributed by atoms with Crippen molar-refractivity contribution in [3.05, 3.63) is 41.7 Å². The van der Waals surface area contributed by atoms with Crippen LogP contribution in [0.5, 0.6) is 0 Å². The number of hydrogen-bond donors (Lipinski definition) is 0. The summed E-state index contributed by atoms with van der Waals surface area (Å²) < 4.78 is 25.6. The number of halogens is 1. The molecule has 1 aromatic heterocycles. The minimum atomic E-state index is -3.03. The lowest BCUT2D eigenvalue weighted by atomic mass is 10.2. The summed E-state index contributed by atoms with van der Waals surface area (Å²) in [6.45, 7) is 2.66. The number of sulfone groups is 1. The van der Waals surface area contributed by atoms with Crippen molar-refractivity contribution in [1.82, 2.24) is 14.5 Å². The molecule has 0 N–H and O–H groups in total. The number of carbonyl (C=O) groups excluding carboxylic acids is 1.